The molecular weight excluding hydrogens is 180 g/mol. The van der Waals surface area contributed by atoms with Crippen molar-refractivity contribution in [2.45, 2.75) is 38.5 Å². The summed E-state index contributed by atoms with van der Waals surface area (Å²) in [5.74, 6) is 1.34. The number of carboxylic acids is 1. The Morgan fingerprint density at radius 1 is 1.71 bits per heavy atom. The van der Waals surface area contributed by atoms with Gasteiger partial charge in [0.1, 0.15) is 11.5 Å². The Morgan fingerprint density at radius 3 is 3.21 bits per heavy atom. The fourth-order valence-corrected chi connectivity index (χ4v) is 2.21. The van der Waals surface area contributed by atoms with Crippen LogP contribution in [0.1, 0.15) is 42.3 Å². The molecule has 1 aliphatic rings. The van der Waals surface area contributed by atoms with Gasteiger partial charge in [0.05, 0.1) is 6.42 Å². The van der Waals surface area contributed by atoms with Gasteiger partial charge in [-0.05, 0) is 37.3 Å². The highest BCUT2D eigenvalue weighted by Gasteiger charge is 2.25. The van der Waals surface area contributed by atoms with E-state index in [1.54, 1.807) is 0 Å². The van der Waals surface area contributed by atoms with Crippen LogP contribution in [-0.2, 0) is 11.2 Å². The summed E-state index contributed by atoms with van der Waals surface area (Å²) in [7, 11) is 0. The summed E-state index contributed by atoms with van der Waals surface area (Å²) in [4.78, 5) is 10.7. The summed E-state index contributed by atoms with van der Waals surface area (Å²) in [6.07, 6.45) is 3.20. The quantitative estimate of drug-likeness (QED) is 0.786. The number of aliphatic carboxylic acids is 1. The number of aryl methyl sites for hydroxylation is 2. The van der Waals surface area contributed by atoms with E-state index in [0.717, 1.165) is 36.3 Å². The van der Waals surface area contributed by atoms with Crippen LogP contribution in [0.15, 0.2) is 10.5 Å². The number of rotatable bonds is 2. The Hall–Kier alpha value is -1.25. The normalized spacial score (nSPS) is 20.5. The first-order chi connectivity index (χ1) is 6.66. The van der Waals surface area contributed by atoms with E-state index in [1.165, 1.54) is 0 Å². The van der Waals surface area contributed by atoms with Gasteiger partial charge >= 0.3 is 5.97 Å². The lowest BCUT2D eigenvalue weighted by Gasteiger charge is -2.19. The Kier molecular flexibility index (Phi) is 2.32. The monoisotopic (exact) mass is 194 g/mol. The molecule has 1 heterocycles. The van der Waals surface area contributed by atoms with E-state index in [4.69, 9.17) is 9.52 Å². The van der Waals surface area contributed by atoms with Crippen molar-refractivity contribution >= 4 is 5.97 Å². The molecule has 0 aliphatic heterocycles. The molecule has 1 aromatic heterocycles. The third-order valence-corrected chi connectivity index (χ3v) is 2.78. The molecule has 1 aromatic rings. The molecule has 14 heavy (non-hydrogen) atoms. The van der Waals surface area contributed by atoms with E-state index in [1.807, 2.05) is 13.0 Å². The summed E-state index contributed by atoms with van der Waals surface area (Å²) in [5, 5.41) is 8.77. The van der Waals surface area contributed by atoms with E-state index in [0.29, 0.717) is 0 Å². The van der Waals surface area contributed by atoms with Crippen LogP contribution < -0.4 is 0 Å². The van der Waals surface area contributed by atoms with Crippen molar-refractivity contribution in [1.29, 1.82) is 0 Å². The number of hydrogen-bond acceptors (Lipinski definition) is 2. The molecule has 0 saturated carbocycles. The van der Waals surface area contributed by atoms with Gasteiger partial charge in [-0.3, -0.25) is 4.79 Å². The Morgan fingerprint density at radius 2 is 2.50 bits per heavy atom. The first kappa shape index (κ1) is 9.31. The van der Waals surface area contributed by atoms with Crippen molar-refractivity contribution < 1.29 is 14.3 Å². The SMILES string of the molecule is Cc1cc2c(o1)CCCC2CC(=O)O. The fourth-order valence-electron chi connectivity index (χ4n) is 2.21. The highest BCUT2D eigenvalue weighted by atomic mass is 16.4. The first-order valence-electron chi connectivity index (χ1n) is 4.98. The van der Waals surface area contributed by atoms with Crippen molar-refractivity contribution in [2.24, 2.45) is 0 Å². The van der Waals surface area contributed by atoms with Gasteiger partial charge < -0.3 is 9.52 Å². The zero-order valence-electron chi connectivity index (χ0n) is 8.25. The van der Waals surface area contributed by atoms with Crippen molar-refractivity contribution in [2.75, 3.05) is 0 Å². The topological polar surface area (TPSA) is 50.4 Å². The molecule has 1 unspecified atom stereocenters. The van der Waals surface area contributed by atoms with Gasteiger partial charge in [-0.1, -0.05) is 0 Å². The van der Waals surface area contributed by atoms with Crippen molar-refractivity contribution in [3.05, 3.63) is 23.2 Å². The maximum atomic E-state index is 10.7. The van der Waals surface area contributed by atoms with Gasteiger partial charge in [0, 0.05) is 6.42 Å². The minimum absolute atomic E-state index is 0.161. The first-order valence-corrected chi connectivity index (χ1v) is 4.98. The Balaban J connectivity index is 2.25. The molecule has 3 heteroatoms. The lowest BCUT2D eigenvalue weighted by atomic mass is 9.85. The second-order valence-electron chi connectivity index (χ2n) is 3.92. The summed E-state index contributed by atoms with van der Waals surface area (Å²) in [6, 6.07) is 1.99. The lowest BCUT2D eigenvalue weighted by Crippen LogP contribution is -2.11. The summed E-state index contributed by atoms with van der Waals surface area (Å²) >= 11 is 0. The van der Waals surface area contributed by atoms with E-state index in [9.17, 15) is 4.79 Å². The average molecular weight is 194 g/mol. The van der Waals surface area contributed by atoms with Crippen LogP contribution in [0.25, 0.3) is 0 Å². The molecule has 3 nitrogen and oxygen atoms in total. The summed E-state index contributed by atoms with van der Waals surface area (Å²) in [6.45, 7) is 1.91. The Bertz CT molecular complexity index is 351. The molecule has 76 valence electrons. The zero-order chi connectivity index (χ0) is 10.1. The molecule has 0 saturated heterocycles. The number of carbonyl (C=O) groups is 1. The van der Waals surface area contributed by atoms with Crippen molar-refractivity contribution in [1.82, 2.24) is 0 Å². The highest BCUT2D eigenvalue weighted by Crippen LogP contribution is 2.35. The van der Waals surface area contributed by atoms with Gasteiger partial charge in [0.25, 0.3) is 0 Å². The van der Waals surface area contributed by atoms with Crippen LogP contribution in [0.3, 0.4) is 0 Å². The Labute approximate surface area is 82.7 Å². The smallest absolute Gasteiger partial charge is 0.303 e. The molecule has 1 aliphatic carbocycles. The van der Waals surface area contributed by atoms with E-state index >= 15 is 0 Å². The van der Waals surface area contributed by atoms with Crippen LogP contribution in [0.5, 0.6) is 0 Å². The van der Waals surface area contributed by atoms with Gasteiger partial charge in [0.2, 0.25) is 0 Å². The fraction of sp³-hybridized carbons (Fsp3) is 0.545. The van der Waals surface area contributed by atoms with Crippen LogP contribution in [0.4, 0.5) is 0 Å². The van der Waals surface area contributed by atoms with Crippen LogP contribution in [0, 0.1) is 6.92 Å². The maximum absolute atomic E-state index is 10.7. The van der Waals surface area contributed by atoms with Crippen molar-refractivity contribution in [3.63, 3.8) is 0 Å². The molecule has 0 fully saturated rings. The third kappa shape index (κ3) is 1.67. The second-order valence-corrected chi connectivity index (χ2v) is 3.92. The van der Waals surface area contributed by atoms with E-state index in [-0.39, 0.29) is 12.3 Å². The molecule has 0 aromatic carbocycles. The minimum Gasteiger partial charge on any atom is -0.481 e. The summed E-state index contributed by atoms with van der Waals surface area (Å²) in [5.41, 5.74) is 1.12. The molecule has 0 bridgehead atoms. The molecular formula is C11H14O3. The highest BCUT2D eigenvalue weighted by molar-refractivity contribution is 5.68. The third-order valence-electron chi connectivity index (χ3n) is 2.78. The number of furan rings is 1. The average Bonchev–Trinajstić information content (AvgIpc) is 2.45. The minimum atomic E-state index is -0.721. The molecule has 0 radical (unpaired) electrons. The lowest BCUT2D eigenvalue weighted by molar-refractivity contribution is -0.137. The molecule has 0 spiro atoms. The van der Waals surface area contributed by atoms with Crippen LogP contribution >= 0.6 is 0 Å². The number of carboxylic acid groups (broad SMARTS) is 1. The summed E-state index contributed by atoms with van der Waals surface area (Å²) < 4.78 is 5.52. The number of fused-ring (bicyclic) bond motifs is 1. The number of hydrogen-bond donors (Lipinski definition) is 1. The van der Waals surface area contributed by atoms with E-state index < -0.39 is 5.97 Å². The van der Waals surface area contributed by atoms with Gasteiger partial charge in [-0.15, -0.1) is 0 Å². The molecule has 2 rings (SSSR count). The van der Waals surface area contributed by atoms with Gasteiger partial charge in [0.15, 0.2) is 0 Å². The van der Waals surface area contributed by atoms with Crippen LogP contribution in [-0.4, -0.2) is 11.1 Å². The largest absolute Gasteiger partial charge is 0.481 e. The van der Waals surface area contributed by atoms with Gasteiger partial charge in [-0.25, -0.2) is 0 Å². The predicted octanol–water partition coefficient (Wildman–Crippen LogP) is 2.48. The van der Waals surface area contributed by atoms with E-state index in [2.05, 4.69) is 0 Å². The van der Waals surface area contributed by atoms with Crippen LogP contribution in [0.2, 0.25) is 0 Å². The van der Waals surface area contributed by atoms with Gasteiger partial charge in [-0.2, -0.15) is 0 Å². The zero-order valence-corrected chi connectivity index (χ0v) is 8.25. The second kappa shape index (κ2) is 3.48. The maximum Gasteiger partial charge on any atom is 0.303 e. The predicted molar refractivity (Wildman–Crippen MR) is 51.4 cm³/mol. The van der Waals surface area contributed by atoms with Crippen molar-refractivity contribution in [3.8, 4) is 0 Å². The molecule has 1 N–H and O–H groups in total. The molecule has 1 atom stereocenters. The molecule has 0 amide bonds. The standard InChI is InChI=1S/C11H14O3/c1-7-5-9-8(6-11(12)13)3-2-4-10(9)14-7/h5,8H,2-4,6H2,1H3,(H,12,13).